The van der Waals surface area contributed by atoms with E-state index in [0.717, 1.165) is 6.07 Å². The number of methoxy groups -OCH3 is 1. The van der Waals surface area contributed by atoms with E-state index < -0.39 is 22.1 Å². The quantitative estimate of drug-likeness (QED) is 0.532. The summed E-state index contributed by atoms with van der Waals surface area (Å²) in [6.07, 6.45) is 0. The van der Waals surface area contributed by atoms with Crippen molar-refractivity contribution in [1.82, 2.24) is 0 Å². The summed E-state index contributed by atoms with van der Waals surface area (Å²) in [5.41, 5.74) is -0.230. The Kier molecular flexibility index (Phi) is 4.09. The Bertz CT molecular complexity index is 712. The standard InChI is InChI=1S/C14H10ClNO5/c1-21-12-7-9(6-11(14(12)18)16(19)20)13(17)8-2-4-10(15)5-3-8/h2-7,18H,1H3. The molecule has 0 heterocycles. The van der Waals surface area contributed by atoms with E-state index in [0.29, 0.717) is 10.6 Å². The van der Waals surface area contributed by atoms with Gasteiger partial charge in [0.05, 0.1) is 12.0 Å². The van der Waals surface area contributed by atoms with Gasteiger partial charge in [-0.15, -0.1) is 0 Å². The molecule has 1 N–H and O–H groups in total. The predicted molar refractivity (Wildman–Crippen MR) is 76.2 cm³/mol. The van der Waals surface area contributed by atoms with Crippen LogP contribution in [-0.4, -0.2) is 22.9 Å². The maximum absolute atomic E-state index is 12.3. The minimum Gasteiger partial charge on any atom is -0.500 e. The summed E-state index contributed by atoms with van der Waals surface area (Å²) in [6.45, 7) is 0. The molecule has 2 rings (SSSR count). The normalized spacial score (nSPS) is 10.2. The van der Waals surface area contributed by atoms with E-state index in [2.05, 4.69) is 0 Å². The van der Waals surface area contributed by atoms with E-state index in [9.17, 15) is 20.0 Å². The second-order valence-electron chi connectivity index (χ2n) is 4.14. The number of benzene rings is 2. The number of nitrogens with zero attached hydrogens (tertiary/aromatic N) is 1. The van der Waals surface area contributed by atoms with Crippen LogP contribution in [0.1, 0.15) is 15.9 Å². The summed E-state index contributed by atoms with van der Waals surface area (Å²) in [7, 11) is 1.25. The monoisotopic (exact) mass is 307 g/mol. The number of phenols is 1. The van der Waals surface area contributed by atoms with Crippen LogP contribution in [-0.2, 0) is 0 Å². The Morgan fingerprint density at radius 1 is 1.24 bits per heavy atom. The average Bonchev–Trinajstić information content (AvgIpc) is 2.47. The van der Waals surface area contributed by atoms with Gasteiger partial charge >= 0.3 is 5.69 Å². The zero-order chi connectivity index (χ0) is 15.6. The molecule has 0 atom stereocenters. The van der Waals surface area contributed by atoms with Crippen LogP contribution in [0, 0.1) is 10.1 Å². The second-order valence-corrected chi connectivity index (χ2v) is 4.58. The Balaban J connectivity index is 2.53. The molecule has 0 fully saturated rings. The number of halogens is 1. The summed E-state index contributed by atoms with van der Waals surface area (Å²) < 4.78 is 4.85. The molecule has 2 aromatic carbocycles. The van der Waals surface area contributed by atoms with Crippen molar-refractivity contribution < 1.29 is 19.6 Å². The third kappa shape index (κ3) is 2.95. The number of nitro benzene ring substituents is 1. The van der Waals surface area contributed by atoms with E-state index in [1.165, 1.54) is 25.3 Å². The molecular weight excluding hydrogens is 298 g/mol. The summed E-state index contributed by atoms with van der Waals surface area (Å²) >= 11 is 5.74. The summed E-state index contributed by atoms with van der Waals surface area (Å²) in [5, 5.41) is 21.1. The molecule has 7 heteroatoms. The summed E-state index contributed by atoms with van der Waals surface area (Å²) in [6, 6.07) is 8.36. The number of carbonyl (C=O) groups is 1. The molecule has 0 saturated carbocycles. The van der Waals surface area contributed by atoms with E-state index in [1.54, 1.807) is 12.1 Å². The highest BCUT2D eigenvalue weighted by Crippen LogP contribution is 2.37. The highest BCUT2D eigenvalue weighted by atomic mass is 35.5. The summed E-state index contributed by atoms with van der Waals surface area (Å²) in [5.74, 6) is -1.19. The number of aromatic hydroxyl groups is 1. The van der Waals surface area contributed by atoms with Crippen molar-refractivity contribution in [2.75, 3.05) is 7.11 Å². The Morgan fingerprint density at radius 3 is 2.38 bits per heavy atom. The third-order valence-electron chi connectivity index (χ3n) is 2.84. The number of nitro groups is 1. The number of rotatable bonds is 4. The van der Waals surface area contributed by atoms with Crippen molar-refractivity contribution in [1.29, 1.82) is 0 Å². The van der Waals surface area contributed by atoms with Crippen molar-refractivity contribution in [2.24, 2.45) is 0 Å². The molecule has 108 valence electrons. The Hall–Kier alpha value is -2.60. The van der Waals surface area contributed by atoms with E-state index in [4.69, 9.17) is 16.3 Å². The van der Waals surface area contributed by atoms with Gasteiger partial charge in [-0.1, -0.05) is 11.6 Å². The van der Waals surface area contributed by atoms with Gasteiger partial charge in [0.2, 0.25) is 5.75 Å². The Labute approximate surface area is 124 Å². The molecule has 0 unspecified atom stereocenters. The average molecular weight is 308 g/mol. The van der Waals surface area contributed by atoms with Crippen molar-refractivity contribution in [3.63, 3.8) is 0 Å². The van der Waals surface area contributed by atoms with Crippen molar-refractivity contribution in [3.8, 4) is 11.5 Å². The first kappa shape index (κ1) is 14.8. The highest BCUT2D eigenvalue weighted by molar-refractivity contribution is 6.30. The largest absolute Gasteiger partial charge is 0.500 e. The van der Waals surface area contributed by atoms with Gasteiger partial charge in [0.15, 0.2) is 11.5 Å². The lowest BCUT2D eigenvalue weighted by atomic mass is 10.0. The number of phenolic OH excluding ortho intramolecular Hbond substituents is 1. The molecular formula is C14H10ClNO5. The lowest BCUT2D eigenvalue weighted by molar-refractivity contribution is -0.386. The first-order valence-electron chi connectivity index (χ1n) is 5.79. The van der Waals surface area contributed by atoms with Crippen LogP contribution in [0.25, 0.3) is 0 Å². The SMILES string of the molecule is COc1cc(C(=O)c2ccc(Cl)cc2)cc([N+](=O)[O-])c1O. The topological polar surface area (TPSA) is 89.7 Å². The number of hydrogen-bond donors (Lipinski definition) is 1. The van der Waals surface area contributed by atoms with Gasteiger partial charge in [-0.25, -0.2) is 0 Å². The zero-order valence-corrected chi connectivity index (χ0v) is 11.6. The third-order valence-corrected chi connectivity index (χ3v) is 3.09. The molecule has 0 amide bonds. The number of ether oxygens (including phenoxy) is 1. The van der Waals surface area contributed by atoms with Crippen LogP contribution < -0.4 is 4.74 Å². The number of ketones is 1. The van der Waals surface area contributed by atoms with Gasteiger partial charge < -0.3 is 9.84 Å². The zero-order valence-electron chi connectivity index (χ0n) is 10.9. The van der Waals surface area contributed by atoms with Crippen LogP contribution >= 0.6 is 11.6 Å². The molecule has 0 aliphatic heterocycles. The van der Waals surface area contributed by atoms with Gasteiger partial charge in [-0.2, -0.15) is 0 Å². The molecule has 0 aromatic heterocycles. The fourth-order valence-electron chi connectivity index (χ4n) is 1.79. The van der Waals surface area contributed by atoms with Crippen LogP contribution in [0.3, 0.4) is 0 Å². The van der Waals surface area contributed by atoms with Crippen molar-refractivity contribution >= 4 is 23.1 Å². The first-order valence-corrected chi connectivity index (χ1v) is 6.17. The lowest BCUT2D eigenvalue weighted by Gasteiger charge is -2.07. The van der Waals surface area contributed by atoms with Gasteiger partial charge in [0.1, 0.15) is 0 Å². The van der Waals surface area contributed by atoms with Gasteiger partial charge in [-0.05, 0) is 30.3 Å². The minimum absolute atomic E-state index is 0.0404. The molecule has 0 bridgehead atoms. The molecule has 6 nitrogen and oxygen atoms in total. The maximum atomic E-state index is 12.3. The lowest BCUT2D eigenvalue weighted by Crippen LogP contribution is -2.03. The molecule has 21 heavy (non-hydrogen) atoms. The van der Waals surface area contributed by atoms with Crippen molar-refractivity contribution in [2.45, 2.75) is 0 Å². The molecule has 0 radical (unpaired) electrons. The fraction of sp³-hybridized carbons (Fsp3) is 0.0714. The van der Waals surface area contributed by atoms with Crippen LogP contribution in [0.5, 0.6) is 11.5 Å². The molecule has 0 aliphatic rings. The van der Waals surface area contributed by atoms with Gasteiger partial charge in [-0.3, -0.25) is 14.9 Å². The summed E-state index contributed by atoms with van der Waals surface area (Å²) in [4.78, 5) is 22.4. The first-order chi connectivity index (χ1) is 9.93. The van der Waals surface area contributed by atoms with E-state index in [-0.39, 0.29) is 11.3 Å². The number of hydrogen-bond acceptors (Lipinski definition) is 5. The maximum Gasteiger partial charge on any atom is 0.315 e. The predicted octanol–water partition coefficient (Wildman–Crippen LogP) is 3.19. The highest BCUT2D eigenvalue weighted by Gasteiger charge is 2.23. The number of carbonyl (C=O) groups excluding carboxylic acids is 1. The smallest absolute Gasteiger partial charge is 0.315 e. The molecule has 0 aliphatic carbocycles. The Morgan fingerprint density at radius 2 is 1.86 bits per heavy atom. The molecule has 0 saturated heterocycles. The van der Waals surface area contributed by atoms with Crippen LogP contribution in [0.15, 0.2) is 36.4 Å². The molecule has 2 aromatic rings. The van der Waals surface area contributed by atoms with Gasteiger partial charge in [0, 0.05) is 22.2 Å². The van der Waals surface area contributed by atoms with Crippen LogP contribution in [0.2, 0.25) is 5.02 Å². The van der Waals surface area contributed by atoms with Crippen LogP contribution in [0.4, 0.5) is 5.69 Å². The molecule has 0 spiro atoms. The van der Waals surface area contributed by atoms with Gasteiger partial charge in [0.25, 0.3) is 0 Å². The fourth-order valence-corrected chi connectivity index (χ4v) is 1.91. The van der Waals surface area contributed by atoms with Crippen molar-refractivity contribution in [3.05, 3.63) is 62.7 Å². The minimum atomic E-state index is -0.781. The van der Waals surface area contributed by atoms with E-state index in [1.807, 2.05) is 0 Å². The van der Waals surface area contributed by atoms with E-state index >= 15 is 0 Å². The second kappa shape index (κ2) is 5.80.